The average molecular weight is 1770 g/mol. The van der Waals surface area contributed by atoms with Crippen LogP contribution in [0, 0.1) is 58.2 Å². The van der Waals surface area contributed by atoms with Crippen LogP contribution < -0.4 is 64.6 Å². The number of nitrogens with zero attached hydrogens (tertiary/aromatic N) is 5. The highest BCUT2D eigenvalue weighted by molar-refractivity contribution is 7.98. The number of carboxylic acid groups (broad SMARTS) is 3. The van der Waals surface area contributed by atoms with Crippen molar-refractivity contribution in [3.63, 3.8) is 0 Å². The summed E-state index contributed by atoms with van der Waals surface area (Å²) in [6, 6.07) is -1.92. The molecular formula is C85H133N19O20S. The number of fused-ring (bicyclic) bond motifs is 6. The highest BCUT2D eigenvalue weighted by Gasteiger charge is 2.66. The Labute approximate surface area is 733 Å². The zero-order valence-electron chi connectivity index (χ0n) is 73.3. The van der Waals surface area contributed by atoms with Crippen LogP contribution in [0.1, 0.15) is 150 Å². The number of hydrogen-bond acceptors (Lipinski definition) is 23. The van der Waals surface area contributed by atoms with Crippen molar-refractivity contribution in [2.75, 3.05) is 104 Å². The van der Waals surface area contributed by atoms with Gasteiger partial charge in [-0.3, -0.25) is 91.5 Å². The fraction of sp³-hybridized carbons (Fsp3) is 0.694. The van der Waals surface area contributed by atoms with Gasteiger partial charge in [0.1, 0.15) is 42.3 Å². The second-order valence-electron chi connectivity index (χ2n) is 36.0. The number of carboxylic acids is 3. The first kappa shape index (κ1) is 101. The van der Waals surface area contributed by atoms with Gasteiger partial charge in [-0.15, -0.1) is 0 Å². The predicted molar refractivity (Wildman–Crippen MR) is 461 cm³/mol. The standard InChI is InChI=1S/C85H133N19O20S/c1-47(2)32-62(81(122)97-60(77(87)118)21-31-125-9)98-82(123)64(36-54-39-88-46-92-54)96-70(110)41-91-83(124)76(48(3)4)100-78(119)50(6)93-80(121)63(33-51-38-89-59-13-11-10-12-55(51)59)99-79(120)61(17-18-67(86)107)95-68(108)19-14-49(5)56-15-16-57-75-58(37-66(106)85(56,57)8)84(7)22-20-53(34-52(84)35-65(75)105)94-69(109)40-90-71(111)42-101-23-25-102(43-72(112)113)27-29-104(45-74(116)117)30-28-103(26-24-101)44-73(114)115/h10-13,38-39,46-50,52-53,56-58,60-66,75-76,89,105-106H,14-37,40-45H2,1-9H3,(H2,86,107)(H2,87,118)(H,88,92)(H,90,111)(H,91,124)(H,93,121)(H,94,109)(H,95,108)(H,96,110)(H,97,122)(H,98,123)(H,99,120)(H,100,119)(H,112,113)(H,114,115)(H,116,117)/t49-,50+,52+,53+,56-,57?,58?,60+,61+,62+,63+,64+,65?,66+,75?,76+,84+,85-/m1/s1. The second-order valence-corrected chi connectivity index (χ2v) is 37.0. The molecule has 21 N–H and O–H groups in total. The number of amides is 12. The minimum absolute atomic E-state index is 0.00736. The topological polar surface area (TPSA) is 587 Å². The monoisotopic (exact) mass is 1770 g/mol. The van der Waals surface area contributed by atoms with Crippen molar-refractivity contribution in [2.24, 2.45) is 69.6 Å². The molecule has 39 nitrogen and oxygen atoms in total. The third kappa shape index (κ3) is 29.1. The van der Waals surface area contributed by atoms with Gasteiger partial charge in [0.2, 0.25) is 70.9 Å². The Balaban J connectivity index is 0.844. The Morgan fingerprint density at radius 2 is 1.14 bits per heavy atom. The molecule has 0 spiro atoms. The number of carbonyl (C=O) groups excluding carboxylic acids is 12. The Morgan fingerprint density at radius 1 is 0.568 bits per heavy atom. The van der Waals surface area contributed by atoms with Gasteiger partial charge < -0.3 is 100 Å². The smallest absolute Gasteiger partial charge is 0.317 e. The van der Waals surface area contributed by atoms with Crippen LogP contribution in [0.3, 0.4) is 0 Å². The number of benzene rings is 1. The molecule has 4 unspecified atom stereocenters. The second kappa shape index (κ2) is 47.1. The number of primary amides is 2. The van der Waals surface area contributed by atoms with E-state index in [0.717, 1.165) is 23.7 Å². The van der Waals surface area contributed by atoms with Crippen LogP contribution in [0.15, 0.2) is 43.0 Å². The van der Waals surface area contributed by atoms with Crippen molar-refractivity contribution in [3.8, 4) is 0 Å². The molecule has 3 aromatic rings. The minimum atomic E-state index is -1.42. The lowest BCUT2D eigenvalue weighted by molar-refractivity contribution is -0.202. The number of aromatic nitrogens is 3. The fourth-order valence-electron chi connectivity index (χ4n) is 19.5. The summed E-state index contributed by atoms with van der Waals surface area (Å²) in [6.07, 6.45) is 8.98. The fourth-order valence-corrected chi connectivity index (χ4v) is 20.0. The van der Waals surface area contributed by atoms with Crippen LogP contribution in [-0.2, 0) is 84.8 Å². The van der Waals surface area contributed by atoms with Gasteiger partial charge in [0.05, 0.1) is 57.8 Å². The van der Waals surface area contributed by atoms with Gasteiger partial charge in [0.25, 0.3) is 0 Å². The molecule has 12 amide bonds. The van der Waals surface area contributed by atoms with E-state index < -0.39 is 161 Å². The summed E-state index contributed by atoms with van der Waals surface area (Å²) >= 11 is 1.46. The molecule has 0 bridgehead atoms. The van der Waals surface area contributed by atoms with Gasteiger partial charge in [0, 0.05) is 113 Å². The van der Waals surface area contributed by atoms with E-state index in [2.05, 4.69) is 82.0 Å². The molecule has 1 aliphatic heterocycles. The van der Waals surface area contributed by atoms with Gasteiger partial charge >= 0.3 is 17.9 Å². The van der Waals surface area contributed by atoms with E-state index in [0.29, 0.717) is 55.5 Å². The lowest BCUT2D eigenvalue weighted by atomic mass is 9.43. The number of aromatic amines is 2. The lowest BCUT2D eigenvalue weighted by Crippen LogP contribution is -2.63. The predicted octanol–water partition coefficient (Wildman–Crippen LogP) is -1.49. The lowest BCUT2D eigenvalue weighted by Gasteiger charge is -2.63. The number of imidazole rings is 1. The Kier molecular flexibility index (Phi) is 37.9. The SMILES string of the molecule is CSCC[C@H](NC(=O)[C@H](CC(C)C)NC(=O)[C@H](Cc1cnc[nH]1)NC(=O)CNC(=O)[C@@H](NC(=O)[C@H](C)NC(=O)[C@H](Cc1c[nH]c2ccccc12)NC(=O)[C@H](CCC(N)=O)NC(=O)CC[C@@H](C)[C@H]1CCC2C3C(O)C[C@@H]4C[C@@H](NC(=O)CNC(=O)CN5CCN(CC(=O)O)CCN(CC(=O)O)CCN(CC(=O)O)CC5)CC[C@]4(C)C3C[C@H](O)[C@@]21C)C(C)C)C(N)=O. The van der Waals surface area contributed by atoms with Crippen molar-refractivity contribution >= 4 is 111 Å². The summed E-state index contributed by atoms with van der Waals surface area (Å²) in [5, 5.41) is 81.6. The Hall–Kier alpha value is -9.87. The first-order chi connectivity index (χ1) is 59.1. The van der Waals surface area contributed by atoms with Crippen molar-refractivity contribution in [1.29, 1.82) is 0 Å². The first-order valence-corrected chi connectivity index (χ1v) is 45.0. The summed E-state index contributed by atoms with van der Waals surface area (Å²) in [4.78, 5) is 217. The van der Waals surface area contributed by atoms with Crippen LogP contribution in [0.5, 0.6) is 0 Å². The number of aliphatic carboxylic acids is 3. The van der Waals surface area contributed by atoms with E-state index in [4.69, 9.17) is 11.5 Å². The molecule has 0 radical (unpaired) electrons. The quantitative estimate of drug-likeness (QED) is 0.0306. The van der Waals surface area contributed by atoms with Gasteiger partial charge in [-0.25, -0.2) is 4.98 Å². The molecule has 694 valence electrons. The number of nitrogens with two attached hydrogens (primary N) is 2. The third-order valence-electron chi connectivity index (χ3n) is 26.3. The van der Waals surface area contributed by atoms with Crippen LogP contribution in [-0.4, -0.2) is 313 Å². The summed E-state index contributed by atoms with van der Waals surface area (Å²) in [7, 11) is 0. The molecule has 4 aliphatic carbocycles. The average Bonchev–Trinajstić information content (AvgIpc) is 1.57. The van der Waals surface area contributed by atoms with E-state index in [-0.39, 0.29) is 183 Å². The number of hydrogen-bond donors (Lipinski definition) is 19. The number of nitrogens with one attached hydrogen (secondary N) is 12. The van der Waals surface area contributed by atoms with E-state index in [1.54, 1.807) is 45.7 Å². The number of aliphatic hydroxyl groups is 2. The Bertz CT molecular complexity index is 4200. The molecule has 2 aromatic heterocycles. The molecule has 40 heteroatoms. The number of rotatable bonds is 44. The van der Waals surface area contributed by atoms with Crippen LogP contribution in [0.4, 0.5) is 0 Å². The van der Waals surface area contributed by atoms with Gasteiger partial charge in [0.15, 0.2) is 0 Å². The number of aliphatic hydroxyl groups excluding tert-OH is 2. The maximum atomic E-state index is 14.7. The molecule has 8 rings (SSSR count). The molecular weight excluding hydrogens is 1640 g/mol. The van der Waals surface area contributed by atoms with E-state index in [9.17, 15) is 97.5 Å². The maximum absolute atomic E-state index is 14.7. The van der Waals surface area contributed by atoms with Gasteiger partial charge in [-0.1, -0.05) is 66.7 Å². The normalized spacial score (nSPS) is 24.6. The van der Waals surface area contributed by atoms with Crippen LogP contribution in [0.2, 0.25) is 0 Å². The van der Waals surface area contributed by atoms with Crippen molar-refractivity contribution < 1.29 is 97.5 Å². The third-order valence-corrected chi connectivity index (χ3v) is 26.9. The van der Waals surface area contributed by atoms with E-state index in [1.165, 1.54) is 31.2 Å². The van der Waals surface area contributed by atoms with E-state index >= 15 is 0 Å². The summed E-state index contributed by atoms with van der Waals surface area (Å²) in [5.74, 6) is -12.3. The maximum Gasteiger partial charge on any atom is 0.317 e. The minimum Gasteiger partial charge on any atom is -0.480 e. The molecule has 3 heterocycles. The zero-order valence-corrected chi connectivity index (χ0v) is 74.1. The summed E-state index contributed by atoms with van der Waals surface area (Å²) in [5.41, 5.74) is 12.1. The molecule has 5 aliphatic rings. The highest BCUT2D eigenvalue weighted by Crippen LogP contribution is 2.68. The largest absolute Gasteiger partial charge is 0.480 e. The number of thioether (sulfide) groups is 1. The molecule has 1 saturated heterocycles. The molecule has 18 atom stereocenters. The van der Waals surface area contributed by atoms with Gasteiger partial charge in [-0.2, -0.15) is 11.8 Å². The van der Waals surface area contributed by atoms with Crippen molar-refractivity contribution in [3.05, 3.63) is 54.2 Å². The van der Waals surface area contributed by atoms with E-state index in [1.807, 2.05) is 45.2 Å². The molecule has 5 fully saturated rings. The molecule has 125 heavy (non-hydrogen) atoms. The van der Waals surface area contributed by atoms with Crippen molar-refractivity contribution in [1.82, 2.24) is 87.7 Å². The molecule has 1 aromatic carbocycles. The highest BCUT2D eigenvalue weighted by atomic mass is 32.2. The Morgan fingerprint density at radius 3 is 1.72 bits per heavy atom. The number of para-hydroxylation sites is 1. The zero-order chi connectivity index (χ0) is 91.7. The van der Waals surface area contributed by atoms with Crippen molar-refractivity contribution in [2.45, 2.75) is 212 Å². The number of carbonyl (C=O) groups is 15. The van der Waals surface area contributed by atoms with Gasteiger partial charge in [-0.05, 0) is 159 Å². The summed E-state index contributed by atoms with van der Waals surface area (Å²) in [6.45, 7) is 14.3. The number of H-pyrrole nitrogens is 2. The summed E-state index contributed by atoms with van der Waals surface area (Å²) < 4.78 is 0. The molecule has 4 saturated carbocycles. The first-order valence-electron chi connectivity index (χ1n) is 43.6. The van der Waals surface area contributed by atoms with Crippen LogP contribution in [0.25, 0.3) is 10.9 Å². The van der Waals surface area contributed by atoms with Crippen LogP contribution >= 0.6 is 11.8 Å².